The molecule has 0 heterocycles. The second-order valence-corrected chi connectivity index (χ2v) is 6.14. The highest BCUT2D eigenvalue weighted by Crippen LogP contribution is 2.10. The van der Waals surface area contributed by atoms with Crippen LogP contribution < -0.4 is 0 Å². The van der Waals surface area contributed by atoms with E-state index >= 15 is 0 Å². The summed E-state index contributed by atoms with van der Waals surface area (Å²) in [5, 5.41) is 25.6. The van der Waals surface area contributed by atoms with Gasteiger partial charge in [-0.3, -0.25) is 0 Å². The van der Waals surface area contributed by atoms with E-state index in [-0.39, 0.29) is 20.6 Å². The molecule has 0 amide bonds. The van der Waals surface area contributed by atoms with Crippen LogP contribution in [0.4, 0.5) is 11.4 Å². The van der Waals surface area contributed by atoms with E-state index in [2.05, 4.69) is 35.3 Å². The van der Waals surface area contributed by atoms with Gasteiger partial charge in [-0.2, -0.15) is 10.2 Å². The summed E-state index contributed by atoms with van der Waals surface area (Å²) in [6.45, 7) is 10.9. The van der Waals surface area contributed by atoms with Gasteiger partial charge >= 0.3 is 0 Å². The third kappa shape index (κ3) is 18.9. The molecule has 0 radical (unpaired) electrons. The minimum absolute atomic E-state index is 0. The smallest absolute Gasteiger partial charge is 0.0913 e. The molecular weight excluding hydrogens is 400 g/mol. The summed E-state index contributed by atoms with van der Waals surface area (Å²) in [7, 11) is 0. The van der Waals surface area contributed by atoms with Gasteiger partial charge in [0, 0.05) is 13.1 Å². The lowest BCUT2D eigenvalue weighted by Crippen LogP contribution is -2.28. The predicted octanol–water partition coefficient (Wildman–Crippen LogP) is 6.20. The van der Waals surface area contributed by atoms with E-state index in [1.54, 1.807) is 11.2 Å². The third-order valence-electron chi connectivity index (χ3n) is 3.56. The van der Waals surface area contributed by atoms with Crippen LogP contribution in [0.5, 0.6) is 0 Å². The lowest BCUT2D eigenvalue weighted by molar-refractivity contribution is 0.215. The molecule has 0 aliphatic carbocycles. The summed E-state index contributed by atoms with van der Waals surface area (Å²) in [5.41, 5.74) is 1.76. The molecule has 0 aromatic heterocycles. The van der Waals surface area contributed by atoms with Crippen molar-refractivity contribution >= 4 is 17.7 Å². The van der Waals surface area contributed by atoms with Gasteiger partial charge in [-0.05, 0) is 37.1 Å². The number of para-hydroxylation sites is 1. The Morgan fingerprint density at radius 1 is 0.844 bits per heavy atom. The fraction of sp³-hybridized carbons (Fsp3) is 0.346. The number of hydrogen-bond donors (Lipinski definition) is 2. The molecule has 2 N–H and O–H groups in total. The topological polar surface area (TPSA) is 80.8 Å². The van der Waals surface area contributed by atoms with Crippen molar-refractivity contribution in [3.63, 3.8) is 0 Å². The number of nitrogens with zero attached hydrogens (tertiary/aromatic N) is 4. The van der Waals surface area contributed by atoms with Crippen molar-refractivity contribution in [3.05, 3.63) is 86.0 Å². The van der Waals surface area contributed by atoms with Gasteiger partial charge in [-0.15, -0.1) is 13.2 Å². The first-order valence-corrected chi connectivity index (χ1v) is 10.4. The van der Waals surface area contributed by atoms with Crippen LogP contribution in [-0.2, 0) is 0 Å². The van der Waals surface area contributed by atoms with E-state index in [1.807, 2.05) is 72.8 Å². The van der Waals surface area contributed by atoms with E-state index < -0.39 is 0 Å². The summed E-state index contributed by atoms with van der Waals surface area (Å²) in [6.07, 6.45) is 7.32. The van der Waals surface area contributed by atoms with Crippen molar-refractivity contribution in [2.24, 2.45) is 15.2 Å². The molecule has 0 fully saturated rings. The molecule has 0 saturated carbocycles. The number of hydrogen-bond acceptors (Lipinski definition) is 5. The first-order chi connectivity index (χ1) is 15.2. The molecule has 6 heteroatoms. The zero-order valence-electron chi connectivity index (χ0n) is 18.6. The van der Waals surface area contributed by atoms with Crippen molar-refractivity contribution in [1.82, 2.24) is 4.90 Å². The molecule has 0 spiro atoms. The monoisotopic (exact) mass is 440 g/mol. The molecule has 0 saturated heterocycles. The molecule has 6 nitrogen and oxygen atoms in total. The molecule has 0 bridgehead atoms. The van der Waals surface area contributed by atoms with Gasteiger partial charge in [-0.25, -0.2) is 4.99 Å². The number of allylic oxidation sites excluding steroid dienone is 1. The lowest BCUT2D eigenvalue weighted by Gasteiger charge is -2.16. The molecule has 0 aliphatic heterocycles. The van der Waals surface area contributed by atoms with Gasteiger partial charge in [0.2, 0.25) is 0 Å². The second-order valence-electron chi connectivity index (χ2n) is 6.14. The van der Waals surface area contributed by atoms with Crippen molar-refractivity contribution in [3.8, 4) is 0 Å². The summed E-state index contributed by atoms with van der Waals surface area (Å²) < 4.78 is 0. The summed E-state index contributed by atoms with van der Waals surface area (Å²) >= 11 is 0. The van der Waals surface area contributed by atoms with Crippen LogP contribution in [-0.4, -0.2) is 54.3 Å². The number of aliphatic imine (C=N–C) groups is 1. The molecule has 2 rings (SSSR count). The van der Waals surface area contributed by atoms with Crippen molar-refractivity contribution in [1.29, 1.82) is 0 Å². The van der Waals surface area contributed by atoms with Gasteiger partial charge in [0.15, 0.2) is 0 Å². The Morgan fingerprint density at radius 3 is 1.78 bits per heavy atom. The van der Waals surface area contributed by atoms with E-state index in [1.165, 1.54) is 0 Å². The number of azo groups is 1. The Bertz CT molecular complexity index is 713. The van der Waals surface area contributed by atoms with Gasteiger partial charge in [0.05, 0.1) is 37.5 Å². The maximum absolute atomic E-state index is 8.78. The van der Waals surface area contributed by atoms with E-state index in [0.29, 0.717) is 13.1 Å². The molecule has 2 aromatic carbocycles. The zero-order chi connectivity index (χ0) is 23.0. The molecule has 32 heavy (non-hydrogen) atoms. The Labute approximate surface area is 194 Å². The van der Waals surface area contributed by atoms with Gasteiger partial charge in [-0.1, -0.05) is 62.9 Å². The van der Waals surface area contributed by atoms with Crippen molar-refractivity contribution < 1.29 is 10.2 Å². The lowest BCUT2D eigenvalue weighted by atomic mass is 10.3. The second kappa shape index (κ2) is 24.2. The van der Waals surface area contributed by atoms with Crippen LogP contribution in [0.25, 0.3) is 0 Å². The molecule has 0 unspecified atom stereocenters. The van der Waals surface area contributed by atoms with Gasteiger partial charge in [0.1, 0.15) is 0 Å². The molecular formula is C26H40N4O2. The Balaban J connectivity index is 0. The van der Waals surface area contributed by atoms with Crippen molar-refractivity contribution in [2.75, 3.05) is 32.8 Å². The zero-order valence-corrected chi connectivity index (χ0v) is 18.6. The molecule has 0 aliphatic rings. The van der Waals surface area contributed by atoms with E-state index in [0.717, 1.165) is 30.8 Å². The quantitative estimate of drug-likeness (QED) is 0.144. The van der Waals surface area contributed by atoms with Crippen LogP contribution in [0.1, 0.15) is 27.2 Å². The van der Waals surface area contributed by atoms with Crippen molar-refractivity contribution in [2.45, 2.75) is 27.2 Å². The van der Waals surface area contributed by atoms with Crippen LogP contribution in [0.3, 0.4) is 0 Å². The highest BCUT2D eigenvalue weighted by molar-refractivity contribution is 5.61. The van der Waals surface area contributed by atoms with Crippen LogP contribution in [0, 0.1) is 0 Å². The van der Waals surface area contributed by atoms with Gasteiger partial charge < -0.3 is 15.1 Å². The highest BCUT2D eigenvalue weighted by atomic mass is 16.3. The summed E-state index contributed by atoms with van der Waals surface area (Å²) in [5.74, 6) is 0. The predicted molar refractivity (Wildman–Crippen MR) is 138 cm³/mol. The highest BCUT2D eigenvalue weighted by Gasteiger charge is 1.96. The number of benzene rings is 2. The first kappa shape index (κ1) is 31.1. The van der Waals surface area contributed by atoms with E-state index in [9.17, 15) is 0 Å². The Kier molecular flexibility index (Phi) is 23.5. The SMILES string of the molecule is C.C=CCC.C=CCCN=Nc1ccccc1.OCCN(C=Nc1ccccc1)CCO. The molecule has 0 atom stereocenters. The minimum atomic E-state index is 0. The summed E-state index contributed by atoms with van der Waals surface area (Å²) in [4.78, 5) is 5.99. The maximum atomic E-state index is 8.78. The fourth-order valence-electron chi connectivity index (χ4n) is 1.92. The molecule has 176 valence electrons. The maximum Gasteiger partial charge on any atom is 0.0913 e. The number of aliphatic hydroxyl groups excluding tert-OH is 2. The minimum Gasteiger partial charge on any atom is -0.395 e. The van der Waals surface area contributed by atoms with Gasteiger partial charge in [0.25, 0.3) is 0 Å². The Hall–Kier alpha value is -3.09. The summed E-state index contributed by atoms with van der Waals surface area (Å²) in [6, 6.07) is 19.3. The fourth-order valence-corrected chi connectivity index (χ4v) is 1.92. The molecule has 2 aromatic rings. The largest absolute Gasteiger partial charge is 0.395 e. The standard InChI is InChI=1S/C11H16N2O2.C10H12N2.C4H8.CH4/c14-8-6-13(7-9-15)10-12-11-4-2-1-3-5-11;1-2-3-9-11-12-10-7-5-4-6-8-10;1-3-4-2;/h1-5,10,14-15H,6-9H2;2,4-8H,1,3,9H2;3H,1,4H2,2H3;1H4. The first-order valence-electron chi connectivity index (χ1n) is 10.4. The Morgan fingerprint density at radius 2 is 1.34 bits per heavy atom. The van der Waals surface area contributed by atoms with Crippen LogP contribution >= 0.6 is 0 Å². The van der Waals surface area contributed by atoms with Crippen LogP contribution in [0.15, 0.2) is 101 Å². The number of rotatable bonds is 11. The van der Waals surface area contributed by atoms with E-state index in [4.69, 9.17) is 10.2 Å². The number of aliphatic hydroxyl groups is 2. The normalized spacial score (nSPS) is 9.72. The average molecular weight is 441 g/mol. The average Bonchev–Trinajstić information content (AvgIpc) is 2.82. The third-order valence-corrected chi connectivity index (χ3v) is 3.56. The van der Waals surface area contributed by atoms with Crippen LogP contribution in [0.2, 0.25) is 0 Å².